The number of aryl methyl sites for hydroxylation is 1. The van der Waals surface area contributed by atoms with Crippen molar-refractivity contribution in [3.05, 3.63) is 35.4 Å². The van der Waals surface area contributed by atoms with Gasteiger partial charge in [0.15, 0.2) is 0 Å². The maximum atomic E-state index is 3.54. The van der Waals surface area contributed by atoms with Crippen LogP contribution in [0.3, 0.4) is 0 Å². The molecule has 0 bridgehead atoms. The van der Waals surface area contributed by atoms with E-state index >= 15 is 0 Å². The SMILES string of the molecule is CCCc1ccc(C(NC)C2CSC(C)C(C)S2)cc1. The Balaban J connectivity index is 2.07. The summed E-state index contributed by atoms with van der Waals surface area (Å²) < 4.78 is 0. The highest BCUT2D eigenvalue weighted by atomic mass is 32.2. The second-order valence-electron chi connectivity index (χ2n) is 5.68. The molecule has 1 aliphatic rings. The van der Waals surface area contributed by atoms with Crippen molar-refractivity contribution in [1.82, 2.24) is 5.32 Å². The lowest BCUT2D eigenvalue weighted by molar-refractivity contribution is 0.588. The maximum Gasteiger partial charge on any atom is 0.0446 e. The molecule has 1 N–H and O–H groups in total. The van der Waals surface area contributed by atoms with E-state index in [0.29, 0.717) is 11.3 Å². The molecule has 112 valence electrons. The summed E-state index contributed by atoms with van der Waals surface area (Å²) in [5.41, 5.74) is 2.89. The van der Waals surface area contributed by atoms with Gasteiger partial charge in [-0.25, -0.2) is 0 Å². The number of nitrogens with one attached hydrogen (secondary N) is 1. The van der Waals surface area contributed by atoms with Gasteiger partial charge in [0, 0.05) is 27.5 Å². The molecule has 0 aromatic heterocycles. The van der Waals surface area contributed by atoms with Crippen LogP contribution in [0.1, 0.15) is 44.4 Å². The molecule has 1 aliphatic heterocycles. The first-order chi connectivity index (χ1) is 9.65. The van der Waals surface area contributed by atoms with E-state index in [9.17, 15) is 0 Å². The van der Waals surface area contributed by atoms with E-state index in [1.54, 1.807) is 0 Å². The van der Waals surface area contributed by atoms with Crippen LogP contribution in [-0.4, -0.2) is 28.6 Å². The first kappa shape index (κ1) is 16.3. The highest BCUT2D eigenvalue weighted by Crippen LogP contribution is 2.40. The van der Waals surface area contributed by atoms with E-state index in [1.165, 1.54) is 29.7 Å². The Hall–Kier alpha value is -0.120. The molecule has 1 aromatic carbocycles. The molecule has 4 unspecified atom stereocenters. The molecule has 0 amide bonds. The van der Waals surface area contributed by atoms with E-state index < -0.39 is 0 Å². The Kier molecular flexibility index (Phi) is 6.31. The molecule has 0 spiro atoms. The highest BCUT2D eigenvalue weighted by molar-refractivity contribution is 8.07. The van der Waals surface area contributed by atoms with E-state index in [1.807, 2.05) is 0 Å². The Labute approximate surface area is 132 Å². The largest absolute Gasteiger partial charge is 0.312 e. The van der Waals surface area contributed by atoms with Gasteiger partial charge in [0.25, 0.3) is 0 Å². The standard InChI is InChI=1S/C17H27NS2/c1-5-6-14-7-9-15(10-8-14)17(18-4)16-11-19-12(2)13(3)20-16/h7-10,12-13,16-18H,5-6,11H2,1-4H3. The van der Waals surface area contributed by atoms with Crippen LogP contribution in [0, 0.1) is 0 Å². The maximum absolute atomic E-state index is 3.54. The Morgan fingerprint density at radius 3 is 2.45 bits per heavy atom. The molecule has 1 heterocycles. The predicted molar refractivity (Wildman–Crippen MR) is 95.0 cm³/mol. The van der Waals surface area contributed by atoms with Crippen molar-refractivity contribution in [3.8, 4) is 0 Å². The Morgan fingerprint density at radius 2 is 1.90 bits per heavy atom. The number of hydrogen-bond donors (Lipinski definition) is 1. The summed E-state index contributed by atoms with van der Waals surface area (Å²) in [7, 11) is 2.10. The van der Waals surface area contributed by atoms with Crippen LogP contribution in [0.15, 0.2) is 24.3 Å². The minimum atomic E-state index is 0.470. The van der Waals surface area contributed by atoms with Gasteiger partial charge in [-0.2, -0.15) is 23.5 Å². The van der Waals surface area contributed by atoms with Gasteiger partial charge >= 0.3 is 0 Å². The number of thioether (sulfide) groups is 2. The molecule has 2 rings (SSSR count). The molecule has 1 fully saturated rings. The second-order valence-corrected chi connectivity index (χ2v) is 8.71. The number of hydrogen-bond acceptors (Lipinski definition) is 3. The van der Waals surface area contributed by atoms with Crippen LogP contribution in [0.4, 0.5) is 0 Å². The quantitative estimate of drug-likeness (QED) is 0.858. The van der Waals surface area contributed by atoms with Crippen molar-refractivity contribution in [2.75, 3.05) is 12.8 Å². The topological polar surface area (TPSA) is 12.0 Å². The van der Waals surface area contributed by atoms with E-state index in [0.717, 1.165) is 10.5 Å². The Morgan fingerprint density at radius 1 is 1.20 bits per heavy atom. The van der Waals surface area contributed by atoms with Gasteiger partial charge in [0.1, 0.15) is 0 Å². The summed E-state index contributed by atoms with van der Waals surface area (Å²) in [5.74, 6) is 1.25. The molecule has 1 nitrogen and oxygen atoms in total. The van der Waals surface area contributed by atoms with Gasteiger partial charge in [0.05, 0.1) is 0 Å². The zero-order chi connectivity index (χ0) is 14.5. The van der Waals surface area contributed by atoms with Crippen molar-refractivity contribution < 1.29 is 0 Å². The molecule has 1 aromatic rings. The van der Waals surface area contributed by atoms with Gasteiger partial charge in [-0.15, -0.1) is 0 Å². The van der Waals surface area contributed by atoms with Crippen LogP contribution in [0.25, 0.3) is 0 Å². The lowest BCUT2D eigenvalue weighted by Gasteiger charge is -2.36. The van der Waals surface area contributed by atoms with Gasteiger partial charge < -0.3 is 5.32 Å². The molecule has 20 heavy (non-hydrogen) atoms. The smallest absolute Gasteiger partial charge is 0.0446 e. The highest BCUT2D eigenvalue weighted by Gasteiger charge is 2.31. The fraction of sp³-hybridized carbons (Fsp3) is 0.647. The minimum absolute atomic E-state index is 0.470. The third-order valence-electron chi connectivity index (χ3n) is 4.13. The van der Waals surface area contributed by atoms with Crippen molar-refractivity contribution in [2.24, 2.45) is 0 Å². The summed E-state index contributed by atoms with van der Waals surface area (Å²) in [6, 6.07) is 9.71. The van der Waals surface area contributed by atoms with E-state index in [4.69, 9.17) is 0 Å². The zero-order valence-electron chi connectivity index (χ0n) is 13.1. The van der Waals surface area contributed by atoms with Crippen molar-refractivity contribution in [3.63, 3.8) is 0 Å². The molecule has 0 saturated carbocycles. The molecule has 0 aliphatic carbocycles. The van der Waals surface area contributed by atoms with E-state index in [2.05, 4.69) is 80.9 Å². The normalized spacial score (nSPS) is 28.3. The lowest BCUT2D eigenvalue weighted by atomic mass is 10.0. The summed E-state index contributed by atoms with van der Waals surface area (Å²) in [6.45, 7) is 6.96. The van der Waals surface area contributed by atoms with Crippen LogP contribution in [-0.2, 0) is 6.42 Å². The fourth-order valence-corrected chi connectivity index (χ4v) is 5.89. The van der Waals surface area contributed by atoms with Crippen LogP contribution < -0.4 is 5.32 Å². The van der Waals surface area contributed by atoms with Gasteiger partial charge in [-0.3, -0.25) is 0 Å². The molecule has 1 saturated heterocycles. The third kappa shape index (κ3) is 3.96. The van der Waals surface area contributed by atoms with Crippen LogP contribution in [0.2, 0.25) is 0 Å². The molecular weight excluding hydrogens is 282 g/mol. The zero-order valence-corrected chi connectivity index (χ0v) is 14.7. The van der Waals surface area contributed by atoms with Crippen LogP contribution >= 0.6 is 23.5 Å². The predicted octanol–water partition coefficient (Wildman–Crippen LogP) is 4.53. The first-order valence-electron chi connectivity index (χ1n) is 7.68. The lowest BCUT2D eigenvalue weighted by Crippen LogP contribution is -2.35. The summed E-state index contributed by atoms with van der Waals surface area (Å²) in [6.07, 6.45) is 2.41. The molecule has 0 radical (unpaired) electrons. The van der Waals surface area contributed by atoms with Crippen molar-refractivity contribution in [2.45, 2.75) is 55.4 Å². The fourth-order valence-electron chi connectivity index (χ4n) is 2.73. The summed E-state index contributed by atoms with van der Waals surface area (Å²) >= 11 is 4.28. The first-order valence-corrected chi connectivity index (χ1v) is 9.68. The molecule has 4 atom stereocenters. The molecular formula is C17H27NS2. The average molecular weight is 310 g/mol. The number of rotatable bonds is 5. The van der Waals surface area contributed by atoms with Gasteiger partial charge in [0.2, 0.25) is 0 Å². The second kappa shape index (κ2) is 7.77. The van der Waals surface area contributed by atoms with Crippen molar-refractivity contribution >= 4 is 23.5 Å². The van der Waals surface area contributed by atoms with Crippen molar-refractivity contribution in [1.29, 1.82) is 0 Å². The van der Waals surface area contributed by atoms with Gasteiger partial charge in [-0.1, -0.05) is 51.5 Å². The Bertz CT molecular complexity index is 404. The summed E-state index contributed by atoms with van der Waals surface area (Å²) in [4.78, 5) is 0. The van der Waals surface area contributed by atoms with Gasteiger partial charge in [-0.05, 0) is 24.6 Å². The molecule has 3 heteroatoms. The number of benzene rings is 1. The monoisotopic (exact) mass is 309 g/mol. The summed E-state index contributed by atoms with van der Waals surface area (Å²) in [5, 5.41) is 5.74. The average Bonchev–Trinajstić information content (AvgIpc) is 2.46. The van der Waals surface area contributed by atoms with Crippen LogP contribution in [0.5, 0.6) is 0 Å². The van der Waals surface area contributed by atoms with E-state index in [-0.39, 0.29) is 0 Å². The third-order valence-corrected chi connectivity index (χ3v) is 7.63. The minimum Gasteiger partial charge on any atom is -0.312 e.